The molecule has 0 radical (unpaired) electrons. The highest BCUT2D eigenvalue weighted by molar-refractivity contribution is 8.15. The summed E-state index contributed by atoms with van der Waals surface area (Å²) in [6, 6.07) is 7.44. The van der Waals surface area contributed by atoms with Gasteiger partial charge in [0.2, 0.25) is 5.91 Å². The molecule has 2 aromatic rings. The van der Waals surface area contributed by atoms with Gasteiger partial charge < -0.3 is 10.1 Å². The number of amides is 3. The van der Waals surface area contributed by atoms with Crippen LogP contribution in [0.2, 0.25) is 0 Å². The van der Waals surface area contributed by atoms with Crippen LogP contribution in [0.25, 0.3) is 0 Å². The first-order chi connectivity index (χ1) is 13.4. The van der Waals surface area contributed by atoms with Crippen molar-refractivity contribution in [3.05, 3.63) is 58.4 Å². The molecule has 1 atom stereocenters. The Bertz CT molecular complexity index is 945. The highest BCUT2D eigenvalue weighted by atomic mass is 32.2. The lowest BCUT2D eigenvalue weighted by molar-refractivity contribution is -0.118. The molecule has 1 aromatic carbocycles. The van der Waals surface area contributed by atoms with Crippen LogP contribution in [0.3, 0.4) is 0 Å². The lowest BCUT2D eigenvalue weighted by atomic mass is 10.0. The van der Waals surface area contributed by atoms with Gasteiger partial charge in [-0.3, -0.25) is 24.7 Å². The molecular weight excluding hydrogens is 378 g/mol. The van der Waals surface area contributed by atoms with Gasteiger partial charge in [0, 0.05) is 18.3 Å². The molecule has 2 N–H and O–H groups in total. The van der Waals surface area contributed by atoms with Crippen LogP contribution in [0.5, 0.6) is 5.75 Å². The van der Waals surface area contributed by atoms with Gasteiger partial charge >= 0.3 is 0 Å². The number of hydrogen-bond donors (Lipinski definition) is 2. The van der Waals surface area contributed by atoms with Crippen LogP contribution >= 0.6 is 11.8 Å². The van der Waals surface area contributed by atoms with Gasteiger partial charge in [0.1, 0.15) is 11.4 Å². The summed E-state index contributed by atoms with van der Waals surface area (Å²) in [5.41, 5.74) is 3.87. The third-order valence-corrected chi connectivity index (χ3v) is 5.38. The van der Waals surface area contributed by atoms with Gasteiger partial charge in [0.25, 0.3) is 11.1 Å². The highest BCUT2D eigenvalue weighted by Gasteiger charge is 2.31. The van der Waals surface area contributed by atoms with Gasteiger partial charge in [-0.25, -0.2) is 0 Å². The van der Waals surface area contributed by atoms with E-state index in [1.54, 1.807) is 19.4 Å². The number of carbonyl (C=O) groups is 3. The number of hydrogen-bond acceptors (Lipinski definition) is 6. The maximum absolute atomic E-state index is 12.5. The van der Waals surface area contributed by atoms with Crippen LogP contribution in [0.15, 0.2) is 30.5 Å². The molecule has 3 rings (SSSR count). The van der Waals surface area contributed by atoms with Crippen molar-refractivity contribution >= 4 is 28.8 Å². The first-order valence-electron chi connectivity index (χ1n) is 8.76. The lowest BCUT2D eigenvalue weighted by Gasteiger charge is -2.13. The molecule has 1 aromatic heterocycles. The van der Waals surface area contributed by atoms with Crippen LogP contribution in [-0.4, -0.2) is 34.4 Å². The number of carbonyl (C=O) groups excluding carboxylic acids is 3. The van der Waals surface area contributed by atoms with E-state index >= 15 is 0 Å². The Morgan fingerprint density at radius 3 is 2.71 bits per heavy atom. The molecule has 2 heterocycles. The summed E-state index contributed by atoms with van der Waals surface area (Å²) in [7, 11) is 1.56. The topological polar surface area (TPSA) is 97.4 Å². The molecule has 7 nitrogen and oxygen atoms in total. The number of nitrogens with one attached hydrogen (secondary N) is 2. The number of benzene rings is 1. The second kappa shape index (κ2) is 8.43. The zero-order valence-corrected chi connectivity index (χ0v) is 16.7. The number of imide groups is 1. The van der Waals surface area contributed by atoms with Crippen LogP contribution in [-0.2, 0) is 17.8 Å². The molecule has 28 heavy (non-hydrogen) atoms. The van der Waals surface area contributed by atoms with Crippen molar-refractivity contribution in [2.45, 2.75) is 32.1 Å². The predicted octanol–water partition coefficient (Wildman–Crippen LogP) is 2.53. The van der Waals surface area contributed by atoms with Crippen LogP contribution in [0, 0.1) is 13.8 Å². The summed E-state index contributed by atoms with van der Waals surface area (Å²) in [4.78, 5) is 39.8. The highest BCUT2D eigenvalue weighted by Crippen LogP contribution is 2.26. The Morgan fingerprint density at radius 1 is 1.29 bits per heavy atom. The smallest absolute Gasteiger partial charge is 0.286 e. The lowest BCUT2D eigenvalue weighted by Crippen LogP contribution is -2.26. The normalized spacial score (nSPS) is 16.0. The van der Waals surface area contributed by atoms with Crippen molar-refractivity contribution in [3.63, 3.8) is 0 Å². The van der Waals surface area contributed by atoms with Crippen molar-refractivity contribution in [1.82, 2.24) is 15.6 Å². The number of aryl methyl sites for hydroxylation is 2. The molecule has 1 aliphatic rings. The number of aromatic nitrogens is 1. The molecule has 1 saturated heterocycles. The first-order valence-corrected chi connectivity index (χ1v) is 9.64. The van der Waals surface area contributed by atoms with Crippen molar-refractivity contribution in [2.24, 2.45) is 0 Å². The SMILES string of the molecule is COc1ccc(CC2SC(=O)NC2=O)cc1CNC(=O)c1ncc(C)cc1C. The number of methoxy groups -OCH3 is 1. The van der Waals surface area contributed by atoms with E-state index in [2.05, 4.69) is 15.6 Å². The first kappa shape index (κ1) is 19.9. The number of pyridine rings is 1. The molecule has 8 heteroatoms. The number of rotatable bonds is 6. The Kier molecular flexibility index (Phi) is 5.99. The van der Waals surface area contributed by atoms with E-state index < -0.39 is 5.25 Å². The summed E-state index contributed by atoms with van der Waals surface area (Å²) in [6.45, 7) is 4.03. The van der Waals surface area contributed by atoms with Gasteiger partial charge in [0.05, 0.1) is 12.4 Å². The molecular formula is C20H21N3O4S. The second-order valence-electron chi connectivity index (χ2n) is 6.59. The third-order valence-electron chi connectivity index (χ3n) is 4.40. The van der Waals surface area contributed by atoms with Gasteiger partial charge in [-0.15, -0.1) is 0 Å². The fourth-order valence-corrected chi connectivity index (χ4v) is 3.91. The average molecular weight is 399 g/mol. The standard InChI is InChI=1S/C20H21N3O4S/c1-11-6-12(2)17(21-9-11)19(25)22-10-14-7-13(4-5-15(14)27-3)8-16-18(24)23-20(26)28-16/h4-7,9,16H,8,10H2,1-3H3,(H,22,25)(H,23,24,26). The van der Waals surface area contributed by atoms with Crippen LogP contribution in [0.4, 0.5) is 4.79 Å². The van der Waals surface area contributed by atoms with Crippen LogP contribution in [0.1, 0.15) is 32.7 Å². The van der Waals surface area contributed by atoms with Crippen molar-refractivity contribution < 1.29 is 19.1 Å². The largest absolute Gasteiger partial charge is 0.496 e. The van der Waals surface area contributed by atoms with E-state index in [9.17, 15) is 14.4 Å². The zero-order valence-electron chi connectivity index (χ0n) is 15.9. The van der Waals surface area contributed by atoms with Crippen molar-refractivity contribution in [3.8, 4) is 5.75 Å². The number of ether oxygens (including phenoxy) is 1. The minimum atomic E-state index is -0.442. The Morgan fingerprint density at radius 2 is 2.07 bits per heavy atom. The molecule has 0 saturated carbocycles. The average Bonchev–Trinajstić information content (AvgIpc) is 2.96. The maximum Gasteiger partial charge on any atom is 0.286 e. The van der Waals surface area contributed by atoms with Gasteiger partial charge in [0.15, 0.2) is 0 Å². The molecule has 1 aliphatic heterocycles. The summed E-state index contributed by atoms with van der Waals surface area (Å²) < 4.78 is 5.38. The van der Waals surface area contributed by atoms with Crippen LogP contribution < -0.4 is 15.4 Å². The Hall–Kier alpha value is -2.87. The molecule has 1 unspecified atom stereocenters. The quantitative estimate of drug-likeness (QED) is 0.775. The van der Waals surface area contributed by atoms with E-state index in [1.165, 1.54) is 0 Å². The Labute approximate surface area is 167 Å². The van der Waals surface area contributed by atoms with E-state index in [-0.39, 0.29) is 23.6 Å². The predicted molar refractivity (Wildman–Crippen MR) is 106 cm³/mol. The Balaban J connectivity index is 1.72. The molecule has 0 bridgehead atoms. The van der Waals surface area contributed by atoms with E-state index in [0.29, 0.717) is 17.9 Å². The van der Waals surface area contributed by atoms with E-state index in [1.807, 2.05) is 32.0 Å². The van der Waals surface area contributed by atoms with Crippen molar-refractivity contribution in [2.75, 3.05) is 7.11 Å². The van der Waals surface area contributed by atoms with Gasteiger partial charge in [-0.2, -0.15) is 0 Å². The number of thioether (sulfide) groups is 1. The molecule has 0 aliphatic carbocycles. The molecule has 1 fully saturated rings. The second-order valence-corrected chi connectivity index (χ2v) is 7.77. The third kappa shape index (κ3) is 4.51. The van der Waals surface area contributed by atoms with E-state index in [4.69, 9.17) is 4.74 Å². The van der Waals surface area contributed by atoms with Gasteiger partial charge in [-0.05, 0) is 43.0 Å². The summed E-state index contributed by atoms with van der Waals surface area (Å²) in [5, 5.41) is 4.39. The fraction of sp³-hybridized carbons (Fsp3) is 0.300. The molecule has 3 amide bonds. The molecule has 0 spiro atoms. The van der Waals surface area contributed by atoms with Gasteiger partial charge in [-0.1, -0.05) is 30.0 Å². The fourth-order valence-electron chi connectivity index (χ4n) is 3.05. The number of nitrogens with zero attached hydrogens (tertiary/aromatic N) is 1. The summed E-state index contributed by atoms with van der Waals surface area (Å²) in [6.07, 6.45) is 2.08. The molecule has 146 valence electrons. The zero-order chi connectivity index (χ0) is 20.3. The van der Waals surface area contributed by atoms with E-state index in [0.717, 1.165) is 34.0 Å². The summed E-state index contributed by atoms with van der Waals surface area (Å²) in [5.74, 6) is 0.0973. The minimum Gasteiger partial charge on any atom is -0.496 e. The monoisotopic (exact) mass is 399 g/mol. The summed E-state index contributed by atoms with van der Waals surface area (Å²) >= 11 is 0.994. The maximum atomic E-state index is 12.5. The minimum absolute atomic E-state index is 0.258. The van der Waals surface area contributed by atoms with Crippen molar-refractivity contribution in [1.29, 1.82) is 0 Å².